The zero-order valence-corrected chi connectivity index (χ0v) is 18.4. The molecule has 1 saturated carbocycles. The van der Waals surface area contributed by atoms with Crippen molar-refractivity contribution in [3.63, 3.8) is 0 Å². The number of hydrogen-bond donors (Lipinski definition) is 1. The summed E-state index contributed by atoms with van der Waals surface area (Å²) in [6.45, 7) is 6.94. The molecule has 30 heavy (non-hydrogen) atoms. The summed E-state index contributed by atoms with van der Waals surface area (Å²) in [7, 11) is 0. The predicted octanol–water partition coefficient (Wildman–Crippen LogP) is 2.41. The lowest BCUT2D eigenvalue weighted by atomic mass is 9.86. The summed E-state index contributed by atoms with van der Waals surface area (Å²) >= 11 is 0. The average molecular weight is 418 g/mol. The van der Waals surface area contributed by atoms with E-state index in [1.54, 1.807) is 0 Å². The van der Waals surface area contributed by atoms with Gasteiger partial charge in [0, 0.05) is 18.9 Å². The van der Waals surface area contributed by atoms with Gasteiger partial charge in [-0.05, 0) is 31.6 Å². The molecule has 0 radical (unpaired) electrons. The maximum absolute atomic E-state index is 13.0. The molecule has 1 N–H and O–H groups in total. The molecule has 2 amide bonds. The third-order valence-corrected chi connectivity index (χ3v) is 6.72. The predicted molar refractivity (Wildman–Crippen MR) is 111 cm³/mol. The average Bonchev–Trinajstić information content (AvgIpc) is 3.13. The van der Waals surface area contributed by atoms with Crippen LogP contribution < -0.4 is 5.32 Å². The fourth-order valence-electron chi connectivity index (χ4n) is 5.10. The Morgan fingerprint density at radius 2 is 2.00 bits per heavy atom. The molecule has 1 spiro atoms. The van der Waals surface area contributed by atoms with Crippen LogP contribution in [0.1, 0.15) is 76.6 Å². The fraction of sp³-hybridized carbons (Fsp3) is 0.818. The van der Waals surface area contributed by atoms with E-state index in [1.807, 2.05) is 23.4 Å². The van der Waals surface area contributed by atoms with Crippen LogP contribution in [0.5, 0.6) is 0 Å². The molecule has 1 saturated heterocycles. The van der Waals surface area contributed by atoms with Gasteiger partial charge in [0.25, 0.3) is 0 Å². The highest BCUT2D eigenvalue weighted by atomic mass is 16.5. The summed E-state index contributed by atoms with van der Waals surface area (Å²) in [5, 5.41) is 11.6. The lowest BCUT2D eigenvalue weighted by molar-refractivity contribution is -0.157. The SMILES string of the molecule is CC(C)CC(=O)NCc1nnn2c1COC1(CCCN(C(=O)C3CCCCC3)C1)C2. The Kier molecular flexibility index (Phi) is 6.41. The molecule has 0 aromatic carbocycles. The Hall–Kier alpha value is -1.96. The molecular weight excluding hydrogens is 382 g/mol. The number of hydrogen-bond acceptors (Lipinski definition) is 5. The number of nitrogens with zero attached hydrogens (tertiary/aromatic N) is 4. The smallest absolute Gasteiger partial charge is 0.225 e. The molecular formula is C22H35N5O3. The van der Waals surface area contributed by atoms with Gasteiger partial charge in [0.2, 0.25) is 11.8 Å². The molecule has 166 valence electrons. The van der Waals surface area contributed by atoms with Gasteiger partial charge in [-0.25, -0.2) is 4.68 Å². The van der Waals surface area contributed by atoms with Gasteiger partial charge in [0.15, 0.2) is 0 Å². The van der Waals surface area contributed by atoms with Crippen molar-refractivity contribution in [3.05, 3.63) is 11.4 Å². The Morgan fingerprint density at radius 1 is 1.20 bits per heavy atom. The second kappa shape index (κ2) is 9.04. The van der Waals surface area contributed by atoms with Gasteiger partial charge in [-0.2, -0.15) is 0 Å². The van der Waals surface area contributed by atoms with E-state index in [1.165, 1.54) is 19.3 Å². The molecule has 2 aliphatic heterocycles. The monoisotopic (exact) mass is 417 g/mol. The van der Waals surface area contributed by atoms with Gasteiger partial charge in [-0.1, -0.05) is 38.3 Å². The van der Waals surface area contributed by atoms with Crippen molar-refractivity contribution < 1.29 is 14.3 Å². The van der Waals surface area contributed by atoms with Crippen LogP contribution in [0.2, 0.25) is 0 Å². The molecule has 0 bridgehead atoms. The van der Waals surface area contributed by atoms with Crippen LogP contribution in [-0.2, 0) is 34.0 Å². The van der Waals surface area contributed by atoms with Crippen molar-refractivity contribution in [2.75, 3.05) is 13.1 Å². The van der Waals surface area contributed by atoms with E-state index in [-0.39, 0.29) is 17.4 Å². The number of aromatic nitrogens is 3. The van der Waals surface area contributed by atoms with Crippen LogP contribution in [0, 0.1) is 11.8 Å². The van der Waals surface area contributed by atoms with Crippen molar-refractivity contribution in [2.45, 2.75) is 90.5 Å². The van der Waals surface area contributed by atoms with Crippen LogP contribution in [-0.4, -0.2) is 50.4 Å². The van der Waals surface area contributed by atoms with Gasteiger partial charge < -0.3 is 15.0 Å². The number of piperidine rings is 1. The van der Waals surface area contributed by atoms with Gasteiger partial charge in [-0.3, -0.25) is 9.59 Å². The molecule has 3 heterocycles. The Labute approximate surface area is 178 Å². The number of rotatable bonds is 5. The quantitative estimate of drug-likeness (QED) is 0.795. The van der Waals surface area contributed by atoms with Gasteiger partial charge >= 0.3 is 0 Å². The minimum absolute atomic E-state index is 0.0316. The Morgan fingerprint density at radius 3 is 2.77 bits per heavy atom. The van der Waals surface area contributed by atoms with Crippen LogP contribution in [0.3, 0.4) is 0 Å². The fourth-order valence-corrected chi connectivity index (χ4v) is 5.10. The Bertz CT molecular complexity index is 771. The molecule has 8 nitrogen and oxygen atoms in total. The first kappa shape index (κ1) is 21.3. The van der Waals surface area contributed by atoms with E-state index < -0.39 is 0 Å². The number of ether oxygens (including phenoxy) is 1. The first-order chi connectivity index (χ1) is 14.5. The van der Waals surface area contributed by atoms with Crippen molar-refractivity contribution in [1.29, 1.82) is 0 Å². The van der Waals surface area contributed by atoms with Crippen LogP contribution in [0.4, 0.5) is 0 Å². The lowest BCUT2D eigenvalue weighted by Crippen LogP contribution is -2.56. The van der Waals surface area contributed by atoms with Crippen molar-refractivity contribution in [3.8, 4) is 0 Å². The second-order valence-electron chi connectivity index (χ2n) is 9.69. The van der Waals surface area contributed by atoms with E-state index in [9.17, 15) is 9.59 Å². The minimum atomic E-state index is -0.374. The largest absolute Gasteiger partial charge is 0.365 e. The lowest BCUT2D eigenvalue weighted by Gasteiger charge is -2.45. The number of amides is 2. The molecule has 1 aliphatic carbocycles. The minimum Gasteiger partial charge on any atom is -0.365 e. The van der Waals surface area contributed by atoms with Crippen molar-refractivity contribution >= 4 is 11.8 Å². The molecule has 2 fully saturated rings. The van der Waals surface area contributed by atoms with E-state index in [0.717, 1.165) is 43.6 Å². The van der Waals surface area contributed by atoms with E-state index in [4.69, 9.17) is 4.74 Å². The molecule has 1 aromatic heterocycles. The summed E-state index contributed by atoms with van der Waals surface area (Å²) < 4.78 is 8.28. The highest BCUT2D eigenvalue weighted by molar-refractivity contribution is 5.79. The number of carbonyl (C=O) groups excluding carboxylic acids is 2. The van der Waals surface area contributed by atoms with Crippen LogP contribution in [0.25, 0.3) is 0 Å². The molecule has 1 atom stereocenters. The zero-order chi connectivity index (χ0) is 21.1. The van der Waals surface area contributed by atoms with E-state index in [0.29, 0.717) is 44.5 Å². The summed E-state index contributed by atoms with van der Waals surface area (Å²) in [5.74, 6) is 0.868. The summed E-state index contributed by atoms with van der Waals surface area (Å²) in [6.07, 6.45) is 8.06. The second-order valence-corrected chi connectivity index (χ2v) is 9.69. The maximum atomic E-state index is 13.0. The first-order valence-electron chi connectivity index (χ1n) is 11.6. The van der Waals surface area contributed by atoms with E-state index >= 15 is 0 Å². The molecule has 1 aromatic rings. The van der Waals surface area contributed by atoms with Crippen LogP contribution in [0.15, 0.2) is 0 Å². The van der Waals surface area contributed by atoms with Gasteiger partial charge in [-0.15, -0.1) is 5.10 Å². The summed E-state index contributed by atoms with van der Waals surface area (Å²) in [5.41, 5.74) is 1.33. The zero-order valence-electron chi connectivity index (χ0n) is 18.4. The van der Waals surface area contributed by atoms with Crippen molar-refractivity contribution in [2.24, 2.45) is 11.8 Å². The third-order valence-electron chi connectivity index (χ3n) is 6.72. The normalized spacial score (nSPS) is 24.8. The van der Waals surface area contributed by atoms with Crippen LogP contribution >= 0.6 is 0 Å². The maximum Gasteiger partial charge on any atom is 0.225 e. The summed E-state index contributed by atoms with van der Waals surface area (Å²) in [4.78, 5) is 27.0. The highest BCUT2D eigenvalue weighted by Gasteiger charge is 2.43. The summed E-state index contributed by atoms with van der Waals surface area (Å²) in [6, 6.07) is 0. The highest BCUT2D eigenvalue weighted by Crippen LogP contribution is 2.34. The van der Waals surface area contributed by atoms with E-state index in [2.05, 4.69) is 15.6 Å². The molecule has 4 rings (SSSR count). The van der Waals surface area contributed by atoms with Gasteiger partial charge in [0.1, 0.15) is 11.3 Å². The first-order valence-corrected chi connectivity index (χ1v) is 11.6. The molecule has 3 aliphatic rings. The molecule has 1 unspecified atom stereocenters. The number of fused-ring (bicyclic) bond motifs is 1. The number of nitrogens with one attached hydrogen (secondary N) is 1. The topological polar surface area (TPSA) is 89.3 Å². The Balaban J connectivity index is 1.38. The standard InChI is InChI=1S/C22H35N5O3/c1-16(2)11-20(28)23-12-18-19-13-30-22(15-27(19)25-24-18)9-6-10-26(14-22)21(29)17-7-4-3-5-8-17/h16-17H,3-15H2,1-2H3,(H,23,28). The molecule has 8 heteroatoms. The number of carbonyl (C=O) groups is 2. The number of likely N-dealkylation sites (tertiary alicyclic amines) is 1. The third kappa shape index (κ3) is 4.68. The van der Waals surface area contributed by atoms with Gasteiger partial charge in [0.05, 0.1) is 31.9 Å². The van der Waals surface area contributed by atoms with Crippen molar-refractivity contribution in [1.82, 2.24) is 25.2 Å².